The molecule has 0 spiro atoms. The monoisotopic (exact) mass is 430 g/mol. The van der Waals surface area contributed by atoms with Gasteiger partial charge in [0.1, 0.15) is 0 Å². The molecule has 0 amide bonds. The summed E-state index contributed by atoms with van der Waals surface area (Å²) in [7, 11) is 0. The standard InChI is InChI=1S/C14H9Br3O/c1-8(18)12-10(9-5-3-2-4-6-9)7-11(15)13(16)14(12)17/h2-7H,1H3. The van der Waals surface area contributed by atoms with Crippen molar-refractivity contribution in [1.29, 1.82) is 0 Å². The van der Waals surface area contributed by atoms with Crippen LogP contribution in [0.3, 0.4) is 0 Å². The predicted octanol–water partition coefficient (Wildman–Crippen LogP) is 5.84. The predicted molar refractivity (Wildman–Crippen MR) is 85.0 cm³/mol. The van der Waals surface area contributed by atoms with E-state index < -0.39 is 0 Å². The topological polar surface area (TPSA) is 17.1 Å². The highest BCUT2D eigenvalue weighted by atomic mass is 79.9. The lowest BCUT2D eigenvalue weighted by Gasteiger charge is -2.12. The quantitative estimate of drug-likeness (QED) is 0.430. The van der Waals surface area contributed by atoms with Crippen LogP contribution in [0.15, 0.2) is 49.8 Å². The van der Waals surface area contributed by atoms with Crippen LogP contribution in [0.5, 0.6) is 0 Å². The van der Waals surface area contributed by atoms with E-state index in [2.05, 4.69) is 47.8 Å². The second kappa shape index (κ2) is 5.68. The molecule has 2 aromatic carbocycles. The first-order chi connectivity index (χ1) is 8.52. The van der Waals surface area contributed by atoms with Gasteiger partial charge in [0.25, 0.3) is 0 Å². The zero-order valence-electron chi connectivity index (χ0n) is 9.51. The van der Waals surface area contributed by atoms with Gasteiger partial charge in [-0.3, -0.25) is 4.79 Å². The Balaban J connectivity index is 2.78. The van der Waals surface area contributed by atoms with E-state index in [0.29, 0.717) is 5.56 Å². The van der Waals surface area contributed by atoms with E-state index in [0.717, 1.165) is 24.5 Å². The smallest absolute Gasteiger partial charge is 0.161 e. The lowest BCUT2D eigenvalue weighted by Crippen LogP contribution is -1.99. The molecular formula is C14H9Br3O. The number of halogens is 3. The Bertz CT molecular complexity index is 606. The van der Waals surface area contributed by atoms with Gasteiger partial charge in [-0.25, -0.2) is 0 Å². The zero-order valence-corrected chi connectivity index (χ0v) is 14.3. The summed E-state index contributed by atoms with van der Waals surface area (Å²) >= 11 is 10.4. The van der Waals surface area contributed by atoms with Crippen molar-refractivity contribution in [2.45, 2.75) is 6.92 Å². The van der Waals surface area contributed by atoms with Crippen LogP contribution >= 0.6 is 47.8 Å². The van der Waals surface area contributed by atoms with Crippen molar-refractivity contribution < 1.29 is 4.79 Å². The van der Waals surface area contributed by atoms with Crippen LogP contribution in [0, 0.1) is 0 Å². The summed E-state index contributed by atoms with van der Waals surface area (Å²) in [6, 6.07) is 11.8. The van der Waals surface area contributed by atoms with E-state index in [1.54, 1.807) is 6.92 Å². The minimum atomic E-state index is 0.0360. The van der Waals surface area contributed by atoms with Gasteiger partial charge in [-0.2, -0.15) is 0 Å². The van der Waals surface area contributed by atoms with Crippen LogP contribution in [-0.2, 0) is 0 Å². The van der Waals surface area contributed by atoms with Gasteiger partial charge in [0.2, 0.25) is 0 Å². The molecule has 92 valence electrons. The molecule has 4 heteroatoms. The Morgan fingerprint density at radius 2 is 1.61 bits per heavy atom. The second-order valence-electron chi connectivity index (χ2n) is 3.83. The maximum atomic E-state index is 11.9. The van der Waals surface area contributed by atoms with E-state index in [9.17, 15) is 4.79 Å². The zero-order chi connectivity index (χ0) is 13.3. The summed E-state index contributed by atoms with van der Waals surface area (Å²) in [6.07, 6.45) is 0. The SMILES string of the molecule is CC(=O)c1c(-c2ccccc2)cc(Br)c(Br)c1Br. The third-order valence-corrected chi connectivity index (χ3v) is 5.91. The first-order valence-electron chi connectivity index (χ1n) is 5.26. The Labute approximate surface area is 131 Å². The van der Waals surface area contributed by atoms with Gasteiger partial charge < -0.3 is 0 Å². The Morgan fingerprint density at radius 3 is 2.17 bits per heavy atom. The number of hydrogen-bond donors (Lipinski definition) is 0. The highest BCUT2D eigenvalue weighted by Gasteiger charge is 2.17. The first-order valence-corrected chi connectivity index (χ1v) is 7.64. The van der Waals surface area contributed by atoms with Crippen molar-refractivity contribution in [1.82, 2.24) is 0 Å². The average molecular weight is 433 g/mol. The molecule has 0 N–H and O–H groups in total. The molecule has 0 fully saturated rings. The maximum absolute atomic E-state index is 11.9. The van der Waals surface area contributed by atoms with E-state index in [1.807, 2.05) is 36.4 Å². The molecule has 0 heterocycles. The highest BCUT2D eigenvalue weighted by Crippen LogP contribution is 2.40. The molecule has 18 heavy (non-hydrogen) atoms. The Hall–Kier alpha value is -0.450. The summed E-state index contributed by atoms with van der Waals surface area (Å²) in [4.78, 5) is 11.9. The van der Waals surface area contributed by atoms with E-state index in [1.165, 1.54) is 0 Å². The fourth-order valence-corrected chi connectivity index (χ4v) is 3.50. The summed E-state index contributed by atoms with van der Waals surface area (Å²) < 4.78 is 2.55. The number of rotatable bonds is 2. The van der Waals surface area contributed by atoms with Gasteiger partial charge >= 0.3 is 0 Å². The van der Waals surface area contributed by atoms with Gasteiger partial charge in [-0.15, -0.1) is 0 Å². The molecule has 0 unspecified atom stereocenters. The molecule has 1 nitrogen and oxygen atoms in total. The molecule has 0 aromatic heterocycles. The average Bonchev–Trinajstić information content (AvgIpc) is 2.36. The Morgan fingerprint density at radius 1 is 1.00 bits per heavy atom. The van der Waals surface area contributed by atoms with Crippen LogP contribution in [-0.4, -0.2) is 5.78 Å². The number of carbonyl (C=O) groups is 1. The molecule has 2 aromatic rings. The van der Waals surface area contributed by atoms with E-state index >= 15 is 0 Å². The van der Waals surface area contributed by atoms with Crippen LogP contribution in [0.2, 0.25) is 0 Å². The molecule has 0 radical (unpaired) electrons. The van der Waals surface area contributed by atoms with E-state index in [-0.39, 0.29) is 5.78 Å². The number of Topliss-reactive ketones (excluding diaryl/α,β-unsaturated/α-hetero) is 1. The number of carbonyl (C=O) groups excluding carboxylic acids is 1. The molecule has 0 aliphatic carbocycles. The molecule has 0 aliphatic rings. The lowest BCUT2D eigenvalue weighted by molar-refractivity contribution is 0.101. The number of ketones is 1. The van der Waals surface area contributed by atoms with Crippen LogP contribution in [0.25, 0.3) is 11.1 Å². The van der Waals surface area contributed by atoms with Gasteiger partial charge in [-0.05, 0) is 71.9 Å². The van der Waals surface area contributed by atoms with Crippen LogP contribution < -0.4 is 0 Å². The van der Waals surface area contributed by atoms with Crippen LogP contribution in [0.4, 0.5) is 0 Å². The van der Waals surface area contributed by atoms with Gasteiger partial charge in [-0.1, -0.05) is 30.3 Å². The molecule has 0 saturated carbocycles. The molecule has 0 aliphatic heterocycles. The number of hydrogen-bond acceptors (Lipinski definition) is 1. The van der Waals surface area contributed by atoms with Gasteiger partial charge in [0.15, 0.2) is 5.78 Å². The molecule has 0 saturated heterocycles. The summed E-state index contributed by atoms with van der Waals surface area (Å²) in [5, 5.41) is 0. The third kappa shape index (κ3) is 2.60. The molecule has 0 bridgehead atoms. The fourth-order valence-electron chi connectivity index (χ4n) is 1.78. The van der Waals surface area contributed by atoms with Crippen molar-refractivity contribution in [2.24, 2.45) is 0 Å². The Kier molecular flexibility index (Phi) is 4.41. The minimum Gasteiger partial charge on any atom is -0.294 e. The normalized spacial score (nSPS) is 10.4. The number of benzene rings is 2. The first kappa shape index (κ1) is 14.0. The van der Waals surface area contributed by atoms with Crippen molar-refractivity contribution >= 4 is 53.6 Å². The summed E-state index contributed by atoms with van der Waals surface area (Å²) in [5.41, 5.74) is 2.64. The van der Waals surface area contributed by atoms with Gasteiger partial charge in [0, 0.05) is 19.0 Å². The fraction of sp³-hybridized carbons (Fsp3) is 0.0714. The van der Waals surface area contributed by atoms with Crippen molar-refractivity contribution in [3.8, 4) is 11.1 Å². The molecule has 0 atom stereocenters. The van der Waals surface area contributed by atoms with Crippen LogP contribution in [0.1, 0.15) is 17.3 Å². The second-order valence-corrected chi connectivity index (χ2v) is 6.27. The van der Waals surface area contributed by atoms with Crippen molar-refractivity contribution in [2.75, 3.05) is 0 Å². The maximum Gasteiger partial charge on any atom is 0.161 e. The van der Waals surface area contributed by atoms with Gasteiger partial charge in [0.05, 0.1) is 0 Å². The minimum absolute atomic E-state index is 0.0360. The van der Waals surface area contributed by atoms with E-state index in [4.69, 9.17) is 0 Å². The highest BCUT2D eigenvalue weighted by molar-refractivity contribution is 9.14. The summed E-state index contributed by atoms with van der Waals surface area (Å²) in [5.74, 6) is 0.0360. The largest absolute Gasteiger partial charge is 0.294 e. The third-order valence-electron chi connectivity index (χ3n) is 2.60. The van der Waals surface area contributed by atoms with Crippen molar-refractivity contribution in [3.05, 3.63) is 55.4 Å². The lowest BCUT2D eigenvalue weighted by atomic mass is 9.98. The molecular weight excluding hydrogens is 424 g/mol. The van der Waals surface area contributed by atoms with Crippen molar-refractivity contribution in [3.63, 3.8) is 0 Å². The molecule has 2 rings (SSSR count). The summed E-state index contributed by atoms with van der Waals surface area (Å²) in [6.45, 7) is 1.58.